The van der Waals surface area contributed by atoms with Gasteiger partial charge in [0.2, 0.25) is 5.95 Å². The van der Waals surface area contributed by atoms with E-state index in [2.05, 4.69) is 21.8 Å². The molecule has 1 aromatic heterocycles. The number of hydrogen-bond acceptors (Lipinski definition) is 4. The smallest absolute Gasteiger partial charge is 0.204 e. The van der Waals surface area contributed by atoms with Crippen LogP contribution in [-0.4, -0.2) is 40.9 Å². The summed E-state index contributed by atoms with van der Waals surface area (Å²) in [5, 5.41) is 14.0. The van der Waals surface area contributed by atoms with Crippen molar-refractivity contribution in [3.8, 4) is 0 Å². The molecule has 1 aliphatic carbocycles. The molecule has 0 spiro atoms. The zero-order chi connectivity index (χ0) is 14.8. The first kappa shape index (κ1) is 15.3. The van der Waals surface area contributed by atoms with E-state index in [1.54, 1.807) is 0 Å². The largest absolute Gasteiger partial charge is 0.389 e. The lowest BCUT2D eigenvalue weighted by Gasteiger charge is -2.35. The molecule has 0 radical (unpaired) electrons. The van der Waals surface area contributed by atoms with Gasteiger partial charge in [0.25, 0.3) is 0 Å². The first-order chi connectivity index (χ1) is 9.41. The Hall–Kier alpha value is -1.07. The highest BCUT2D eigenvalue weighted by atomic mass is 16.3. The number of aliphatic hydroxyl groups is 1. The van der Waals surface area contributed by atoms with Gasteiger partial charge in [0.15, 0.2) is 0 Å². The third-order valence-corrected chi connectivity index (χ3v) is 4.29. The maximum Gasteiger partial charge on any atom is 0.204 e. The number of anilines is 1. The molecule has 1 heterocycles. The van der Waals surface area contributed by atoms with Crippen LogP contribution in [0.4, 0.5) is 5.95 Å². The van der Waals surface area contributed by atoms with Crippen LogP contribution < -0.4 is 10.2 Å². The van der Waals surface area contributed by atoms with Gasteiger partial charge in [-0.15, -0.1) is 0 Å². The second-order valence-corrected chi connectivity index (χ2v) is 6.53. The van der Waals surface area contributed by atoms with Gasteiger partial charge in [-0.05, 0) is 18.8 Å². The van der Waals surface area contributed by atoms with E-state index in [0.29, 0.717) is 12.5 Å². The lowest BCUT2D eigenvalue weighted by molar-refractivity contribution is -0.0120. The second-order valence-electron chi connectivity index (χ2n) is 6.53. The van der Waals surface area contributed by atoms with Gasteiger partial charge in [0.1, 0.15) is 0 Å². The van der Waals surface area contributed by atoms with Crippen LogP contribution in [-0.2, 0) is 13.6 Å². The Labute approximate surface area is 122 Å². The number of nitrogens with zero attached hydrogens (tertiary/aromatic N) is 3. The van der Waals surface area contributed by atoms with Crippen molar-refractivity contribution in [2.45, 2.75) is 44.8 Å². The van der Waals surface area contributed by atoms with Gasteiger partial charge < -0.3 is 19.9 Å². The maximum atomic E-state index is 10.6. The minimum atomic E-state index is -0.527. The van der Waals surface area contributed by atoms with E-state index in [0.717, 1.165) is 37.4 Å². The van der Waals surface area contributed by atoms with Crippen LogP contribution in [0.1, 0.15) is 38.3 Å². The average Bonchev–Trinajstić information content (AvgIpc) is 2.70. The Balaban J connectivity index is 1.87. The molecule has 114 valence electrons. The van der Waals surface area contributed by atoms with E-state index in [4.69, 9.17) is 0 Å². The Bertz CT molecular complexity index is 443. The molecule has 1 fully saturated rings. The lowest BCUT2D eigenvalue weighted by Crippen LogP contribution is -2.44. The SMILES string of the molecule is CC1CCCC(O)(CNCc2cnc(N(C)C)n2C)C1. The number of aromatic nitrogens is 2. The molecule has 1 saturated carbocycles. The zero-order valence-electron chi connectivity index (χ0n) is 13.2. The fourth-order valence-corrected chi connectivity index (χ4v) is 3.23. The van der Waals surface area contributed by atoms with E-state index >= 15 is 0 Å². The maximum absolute atomic E-state index is 10.6. The van der Waals surface area contributed by atoms with Crippen LogP contribution in [0.5, 0.6) is 0 Å². The van der Waals surface area contributed by atoms with E-state index in [-0.39, 0.29) is 0 Å². The third kappa shape index (κ3) is 3.52. The highest BCUT2D eigenvalue weighted by Gasteiger charge is 2.32. The lowest BCUT2D eigenvalue weighted by atomic mass is 9.79. The minimum Gasteiger partial charge on any atom is -0.389 e. The molecule has 2 N–H and O–H groups in total. The number of imidazole rings is 1. The Morgan fingerprint density at radius 3 is 2.90 bits per heavy atom. The average molecular weight is 280 g/mol. The minimum absolute atomic E-state index is 0.527. The second kappa shape index (κ2) is 6.14. The monoisotopic (exact) mass is 280 g/mol. The number of hydrogen-bond donors (Lipinski definition) is 2. The summed E-state index contributed by atoms with van der Waals surface area (Å²) in [4.78, 5) is 6.40. The van der Waals surface area contributed by atoms with Crippen LogP contribution in [0.3, 0.4) is 0 Å². The molecule has 0 aromatic carbocycles. The van der Waals surface area contributed by atoms with Crippen molar-refractivity contribution >= 4 is 5.95 Å². The molecule has 20 heavy (non-hydrogen) atoms. The Morgan fingerprint density at radius 1 is 1.55 bits per heavy atom. The van der Waals surface area contributed by atoms with Crippen molar-refractivity contribution in [3.63, 3.8) is 0 Å². The third-order valence-electron chi connectivity index (χ3n) is 4.29. The normalized spacial score (nSPS) is 26.8. The highest BCUT2D eigenvalue weighted by molar-refractivity contribution is 5.30. The molecule has 1 aliphatic rings. The summed E-state index contributed by atoms with van der Waals surface area (Å²) < 4.78 is 2.08. The first-order valence-corrected chi connectivity index (χ1v) is 7.52. The van der Waals surface area contributed by atoms with E-state index in [1.165, 1.54) is 6.42 Å². The predicted molar refractivity (Wildman–Crippen MR) is 81.8 cm³/mol. The topological polar surface area (TPSA) is 53.3 Å². The van der Waals surface area contributed by atoms with Crippen molar-refractivity contribution in [3.05, 3.63) is 11.9 Å². The Kier molecular flexibility index (Phi) is 4.70. The standard InChI is InChI=1S/C15H28N4O/c1-12-6-5-7-15(20,8-12)11-16-9-13-10-17-14(18(2)3)19(13)4/h10,12,16,20H,5-9,11H2,1-4H3. The molecule has 0 aliphatic heterocycles. The molecule has 0 saturated heterocycles. The quantitative estimate of drug-likeness (QED) is 0.858. The Morgan fingerprint density at radius 2 is 2.30 bits per heavy atom. The van der Waals surface area contributed by atoms with Gasteiger partial charge in [-0.3, -0.25) is 0 Å². The molecule has 5 heteroatoms. The summed E-state index contributed by atoms with van der Waals surface area (Å²) in [6.45, 7) is 3.64. The highest BCUT2D eigenvalue weighted by Crippen LogP contribution is 2.31. The van der Waals surface area contributed by atoms with E-state index in [9.17, 15) is 5.11 Å². The molecule has 1 aromatic rings. The molecular formula is C15H28N4O. The molecule has 0 bridgehead atoms. The molecule has 2 unspecified atom stereocenters. The van der Waals surface area contributed by atoms with Crippen LogP contribution in [0, 0.1) is 5.92 Å². The first-order valence-electron chi connectivity index (χ1n) is 7.52. The summed E-state index contributed by atoms with van der Waals surface area (Å²) >= 11 is 0. The zero-order valence-corrected chi connectivity index (χ0v) is 13.2. The summed E-state index contributed by atoms with van der Waals surface area (Å²) in [6.07, 6.45) is 6.11. The molecule has 0 amide bonds. The van der Waals surface area contributed by atoms with Crippen molar-refractivity contribution in [2.24, 2.45) is 13.0 Å². The number of rotatable bonds is 5. The summed E-state index contributed by atoms with van der Waals surface area (Å²) in [5.74, 6) is 1.58. The van der Waals surface area contributed by atoms with Crippen molar-refractivity contribution < 1.29 is 5.11 Å². The van der Waals surface area contributed by atoms with Gasteiger partial charge in [-0.2, -0.15) is 0 Å². The van der Waals surface area contributed by atoms with E-state index in [1.807, 2.05) is 32.2 Å². The fraction of sp³-hybridized carbons (Fsp3) is 0.800. The van der Waals surface area contributed by atoms with Crippen LogP contribution >= 0.6 is 0 Å². The van der Waals surface area contributed by atoms with Gasteiger partial charge in [-0.1, -0.05) is 19.8 Å². The van der Waals surface area contributed by atoms with Crippen LogP contribution in [0.2, 0.25) is 0 Å². The summed E-state index contributed by atoms with van der Waals surface area (Å²) in [7, 11) is 6.01. The van der Waals surface area contributed by atoms with Gasteiger partial charge >= 0.3 is 0 Å². The summed E-state index contributed by atoms with van der Waals surface area (Å²) in [6, 6.07) is 0. The molecular weight excluding hydrogens is 252 g/mol. The molecule has 2 atom stereocenters. The van der Waals surface area contributed by atoms with E-state index < -0.39 is 5.60 Å². The van der Waals surface area contributed by atoms with Crippen LogP contribution in [0.25, 0.3) is 0 Å². The van der Waals surface area contributed by atoms with Crippen LogP contribution in [0.15, 0.2) is 6.20 Å². The fourth-order valence-electron chi connectivity index (χ4n) is 3.23. The number of nitrogens with one attached hydrogen (secondary N) is 1. The van der Waals surface area contributed by atoms with Crippen molar-refractivity contribution in [1.29, 1.82) is 0 Å². The summed E-state index contributed by atoms with van der Waals surface area (Å²) in [5.41, 5.74) is 0.613. The predicted octanol–water partition coefficient (Wildman–Crippen LogP) is 1.52. The molecule has 2 rings (SSSR count). The van der Waals surface area contributed by atoms with Crippen molar-refractivity contribution in [2.75, 3.05) is 25.5 Å². The van der Waals surface area contributed by atoms with Gasteiger partial charge in [0.05, 0.1) is 17.5 Å². The van der Waals surface area contributed by atoms with Crippen molar-refractivity contribution in [1.82, 2.24) is 14.9 Å². The van der Waals surface area contributed by atoms with Gasteiger partial charge in [-0.25, -0.2) is 4.98 Å². The van der Waals surface area contributed by atoms with Gasteiger partial charge in [0, 0.05) is 34.2 Å². The molecule has 5 nitrogen and oxygen atoms in total.